The molecule has 0 fully saturated rings. The number of carbonyl (C=O) groups is 1. The van der Waals surface area contributed by atoms with E-state index < -0.39 is 5.97 Å². The van der Waals surface area contributed by atoms with Crippen molar-refractivity contribution in [2.45, 2.75) is 19.8 Å². The SMILES string of the molecule is COc1cc(C)c(CCNCCC(=O)O)cc1OC. The zero-order valence-corrected chi connectivity index (χ0v) is 11.7. The molecule has 0 aliphatic heterocycles. The van der Waals surface area contributed by atoms with Gasteiger partial charge >= 0.3 is 5.97 Å². The van der Waals surface area contributed by atoms with Gasteiger partial charge in [-0.1, -0.05) is 0 Å². The molecular weight excluding hydrogens is 246 g/mol. The normalized spacial score (nSPS) is 10.3. The number of carboxylic acid groups (broad SMARTS) is 1. The van der Waals surface area contributed by atoms with Gasteiger partial charge in [0, 0.05) is 6.54 Å². The van der Waals surface area contributed by atoms with Crippen molar-refractivity contribution in [3.05, 3.63) is 23.3 Å². The number of rotatable bonds is 8. The monoisotopic (exact) mass is 267 g/mol. The lowest BCUT2D eigenvalue weighted by Gasteiger charge is -2.13. The number of ether oxygens (including phenoxy) is 2. The fourth-order valence-electron chi connectivity index (χ4n) is 1.84. The van der Waals surface area contributed by atoms with E-state index in [0.29, 0.717) is 12.3 Å². The summed E-state index contributed by atoms with van der Waals surface area (Å²) < 4.78 is 10.5. The fourth-order valence-corrected chi connectivity index (χ4v) is 1.84. The first-order chi connectivity index (χ1) is 9.08. The summed E-state index contributed by atoms with van der Waals surface area (Å²) in [4.78, 5) is 10.4. The number of hydrogen-bond acceptors (Lipinski definition) is 4. The fraction of sp³-hybridized carbons (Fsp3) is 0.500. The molecule has 1 aromatic rings. The Kier molecular flexibility index (Phi) is 6.15. The van der Waals surface area contributed by atoms with Crippen LogP contribution in [0.4, 0.5) is 0 Å². The second-order valence-electron chi connectivity index (χ2n) is 4.28. The summed E-state index contributed by atoms with van der Waals surface area (Å²) in [6.45, 7) is 3.25. The van der Waals surface area contributed by atoms with Gasteiger partial charge in [-0.3, -0.25) is 4.79 Å². The molecule has 19 heavy (non-hydrogen) atoms. The quantitative estimate of drug-likeness (QED) is 0.701. The van der Waals surface area contributed by atoms with Gasteiger partial charge in [0.05, 0.1) is 20.6 Å². The summed E-state index contributed by atoms with van der Waals surface area (Å²) in [5.74, 6) is 0.658. The first-order valence-electron chi connectivity index (χ1n) is 6.22. The van der Waals surface area contributed by atoms with Gasteiger partial charge < -0.3 is 19.9 Å². The van der Waals surface area contributed by atoms with Crippen molar-refractivity contribution in [3.8, 4) is 11.5 Å². The van der Waals surface area contributed by atoms with Crippen LogP contribution in [-0.2, 0) is 11.2 Å². The molecule has 1 rings (SSSR count). The van der Waals surface area contributed by atoms with E-state index in [1.165, 1.54) is 5.56 Å². The Bertz CT molecular complexity index is 432. The Hall–Kier alpha value is -1.75. The maximum absolute atomic E-state index is 10.4. The summed E-state index contributed by atoms with van der Waals surface area (Å²) in [7, 11) is 3.23. The predicted octanol–water partition coefficient (Wildman–Crippen LogP) is 1.62. The Labute approximate surface area is 113 Å². The third kappa shape index (κ3) is 4.79. The van der Waals surface area contributed by atoms with Crippen LogP contribution in [0, 0.1) is 6.92 Å². The standard InChI is InChI=1S/C14H21NO4/c1-10-8-12(18-2)13(19-3)9-11(10)4-6-15-7-5-14(16)17/h8-9,15H,4-7H2,1-3H3,(H,16,17). The van der Waals surface area contributed by atoms with Crippen molar-refractivity contribution in [2.75, 3.05) is 27.3 Å². The molecule has 1 aromatic carbocycles. The maximum atomic E-state index is 10.4. The van der Waals surface area contributed by atoms with Gasteiger partial charge in [-0.25, -0.2) is 0 Å². The van der Waals surface area contributed by atoms with Gasteiger partial charge in [-0.15, -0.1) is 0 Å². The lowest BCUT2D eigenvalue weighted by atomic mass is 10.0. The van der Waals surface area contributed by atoms with Gasteiger partial charge in [0.2, 0.25) is 0 Å². The first-order valence-corrected chi connectivity index (χ1v) is 6.22. The lowest BCUT2D eigenvalue weighted by molar-refractivity contribution is -0.136. The van der Waals surface area contributed by atoms with Crippen LogP contribution in [0.3, 0.4) is 0 Å². The number of carboxylic acids is 1. The minimum absolute atomic E-state index is 0.144. The summed E-state index contributed by atoms with van der Waals surface area (Å²) in [5, 5.41) is 11.6. The van der Waals surface area contributed by atoms with Crippen LogP contribution in [0.15, 0.2) is 12.1 Å². The number of benzene rings is 1. The molecule has 0 bridgehead atoms. The van der Waals surface area contributed by atoms with Crippen LogP contribution in [0.5, 0.6) is 11.5 Å². The van der Waals surface area contributed by atoms with Crippen LogP contribution in [-0.4, -0.2) is 38.4 Å². The van der Waals surface area contributed by atoms with Gasteiger partial charge in [0.25, 0.3) is 0 Å². The molecule has 0 aromatic heterocycles. The van der Waals surface area contributed by atoms with E-state index in [2.05, 4.69) is 5.32 Å². The summed E-state index contributed by atoms with van der Waals surface area (Å²) in [5.41, 5.74) is 2.30. The Balaban J connectivity index is 2.56. The Morgan fingerprint density at radius 1 is 1.21 bits per heavy atom. The number of methoxy groups -OCH3 is 2. The van der Waals surface area contributed by atoms with Gasteiger partial charge in [0.15, 0.2) is 11.5 Å². The van der Waals surface area contributed by atoms with Crippen molar-refractivity contribution < 1.29 is 19.4 Å². The molecule has 0 amide bonds. The number of nitrogens with one attached hydrogen (secondary N) is 1. The highest BCUT2D eigenvalue weighted by molar-refractivity contribution is 5.66. The zero-order valence-electron chi connectivity index (χ0n) is 11.7. The molecule has 5 nitrogen and oxygen atoms in total. The van der Waals surface area contributed by atoms with E-state index in [1.807, 2.05) is 19.1 Å². The summed E-state index contributed by atoms with van der Waals surface area (Å²) in [6.07, 6.45) is 0.969. The van der Waals surface area contributed by atoms with E-state index in [0.717, 1.165) is 24.3 Å². The van der Waals surface area contributed by atoms with Crippen molar-refractivity contribution in [3.63, 3.8) is 0 Å². The highest BCUT2D eigenvalue weighted by atomic mass is 16.5. The molecule has 0 saturated carbocycles. The lowest BCUT2D eigenvalue weighted by Crippen LogP contribution is -2.21. The molecule has 0 aliphatic carbocycles. The van der Waals surface area contributed by atoms with E-state index in [9.17, 15) is 4.79 Å². The Morgan fingerprint density at radius 2 is 1.84 bits per heavy atom. The largest absolute Gasteiger partial charge is 0.493 e. The van der Waals surface area contributed by atoms with E-state index >= 15 is 0 Å². The topological polar surface area (TPSA) is 67.8 Å². The smallest absolute Gasteiger partial charge is 0.304 e. The van der Waals surface area contributed by atoms with Crippen LogP contribution in [0.1, 0.15) is 17.5 Å². The first kappa shape index (κ1) is 15.3. The van der Waals surface area contributed by atoms with Gasteiger partial charge in [-0.05, 0) is 43.1 Å². The van der Waals surface area contributed by atoms with Crippen LogP contribution in [0.2, 0.25) is 0 Å². The third-order valence-electron chi connectivity index (χ3n) is 2.93. The van der Waals surface area contributed by atoms with Crippen molar-refractivity contribution in [1.29, 1.82) is 0 Å². The van der Waals surface area contributed by atoms with E-state index in [1.54, 1.807) is 14.2 Å². The third-order valence-corrected chi connectivity index (χ3v) is 2.93. The van der Waals surface area contributed by atoms with Crippen LogP contribution >= 0.6 is 0 Å². The second kappa shape index (κ2) is 7.63. The average molecular weight is 267 g/mol. The molecule has 0 atom stereocenters. The van der Waals surface area contributed by atoms with Crippen LogP contribution in [0.25, 0.3) is 0 Å². The average Bonchev–Trinajstić information content (AvgIpc) is 2.39. The summed E-state index contributed by atoms with van der Waals surface area (Å²) in [6, 6.07) is 3.92. The second-order valence-corrected chi connectivity index (χ2v) is 4.28. The predicted molar refractivity (Wildman–Crippen MR) is 73.1 cm³/mol. The van der Waals surface area contributed by atoms with Crippen LogP contribution < -0.4 is 14.8 Å². The van der Waals surface area contributed by atoms with Crippen molar-refractivity contribution in [2.24, 2.45) is 0 Å². The highest BCUT2D eigenvalue weighted by Gasteiger charge is 2.08. The molecule has 0 saturated heterocycles. The molecule has 0 aliphatic rings. The number of hydrogen-bond donors (Lipinski definition) is 2. The van der Waals surface area contributed by atoms with Gasteiger partial charge in [-0.2, -0.15) is 0 Å². The number of aryl methyl sites for hydroxylation is 1. The molecule has 0 radical (unpaired) electrons. The highest BCUT2D eigenvalue weighted by Crippen LogP contribution is 2.30. The van der Waals surface area contributed by atoms with Crippen molar-refractivity contribution in [1.82, 2.24) is 5.32 Å². The molecule has 106 valence electrons. The minimum atomic E-state index is -0.783. The molecule has 0 spiro atoms. The number of aliphatic carboxylic acids is 1. The molecule has 5 heteroatoms. The van der Waals surface area contributed by atoms with Crippen molar-refractivity contribution >= 4 is 5.97 Å². The molecule has 0 heterocycles. The molecule has 2 N–H and O–H groups in total. The Morgan fingerprint density at radius 3 is 2.42 bits per heavy atom. The minimum Gasteiger partial charge on any atom is -0.493 e. The zero-order chi connectivity index (χ0) is 14.3. The molecule has 0 unspecified atom stereocenters. The molecular formula is C14H21NO4. The van der Waals surface area contributed by atoms with E-state index in [4.69, 9.17) is 14.6 Å². The van der Waals surface area contributed by atoms with E-state index in [-0.39, 0.29) is 6.42 Å². The van der Waals surface area contributed by atoms with Gasteiger partial charge in [0.1, 0.15) is 0 Å². The maximum Gasteiger partial charge on any atom is 0.304 e. The summed E-state index contributed by atoms with van der Waals surface area (Å²) >= 11 is 0.